The van der Waals surface area contributed by atoms with Crippen LogP contribution in [-0.2, 0) is 12.8 Å². The molecule has 2 heterocycles. The number of aliphatic hydroxyl groups excluding tert-OH is 1. The van der Waals surface area contributed by atoms with Gasteiger partial charge in [0.25, 0.3) is 0 Å². The fourth-order valence-corrected chi connectivity index (χ4v) is 5.71. The van der Waals surface area contributed by atoms with Gasteiger partial charge in [0.1, 0.15) is 0 Å². The minimum Gasteiger partial charge on any atom is -0.388 e. The lowest BCUT2D eigenvalue weighted by Gasteiger charge is -2.29. The molecule has 0 saturated carbocycles. The highest BCUT2D eigenvalue weighted by atomic mass is 35.5. The van der Waals surface area contributed by atoms with Crippen molar-refractivity contribution in [1.82, 2.24) is 10.3 Å². The Bertz CT molecular complexity index is 1130. The molecule has 6 heteroatoms. The van der Waals surface area contributed by atoms with Gasteiger partial charge in [-0.1, -0.05) is 47.3 Å². The van der Waals surface area contributed by atoms with Crippen LogP contribution in [0.1, 0.15) is 48.5 Å². The van der Waals surface area contributed by atoms with Crippen LogP contribution in [0.2, 0.25) is 15.1 Å². The summed E-state index contributed by atoms with van der Waals surface area (Å²) in [4.78, 5) is 4.96. The summed E-state index contributed by atoms with van der Waals surface area (Å²) >= 11 is 19.1. The molecule has 3 aromatic rings. The van der Waals surface area contributed by atoms with Gasteiger partial charge in [-0.05, 0) is 79.6 Å². The summed E-state index contributed by atoms with van der Waals surface area (Å²) in [5.41, 5.74) is 5.86. The summed E-state index contributed by atoms with van der Waals surface area (Å²) in [6.07, 6.45) is 5.22. The van der Waals surface area contributed by atoms with Crippen LogP contribution in [0, 0.1) is 0 Å². The van der Waals surface area contributed by atoms with E-state index in [0.717, 1.165) is 58.6 Å². The highest BCUT2D eigenvalue weighted by Gasteiger charge is 2.28. The number of aryl methyl sites for hydroxylation is 1. The Morgan fingerprint density at radius 3 is 2.73 bits per heavy atom. The molecule has 1 saturated heterocycles. The van der Waals surface area contributed by atoms with E-state index in [2.05, 4.69) is 5.32 Å². The van der Waals surface area contributed by atoms with Gasteiger partial charge in [-0.25, -0.2) is 4.98 Å². The third kappa shape index (κ3) is 3.72. The second kappa shape index (κ2) is 8.29. The molecule has 2 N–H and O–H groups in total. The highest BCUT2D eigenvalue weighted by molar-refractivity contribution is 6.38. The number of hydrogen-bond acceptors (Lipinski definition) is 3. The van der Waals surface area contributed by atoms with Gasteiger partial charge in [0.05, 0.1) is 22.3 Å². The number of benzene rings is 2. The molecular weight excluding hydrogens is 439 g/mol. The summed E-state index contributed by atoms with van der Waals surface area (Å²) in [5, 5.41) is 17.6. The number of halogens is 3. The van der Waals surface area contributed by atoms with Gasteiger partial charge < -0.3 is 10.4 Å². The summed E-state index contributed by atoms with van der Waals surface area (Å²) in [6.45, 7) is 1.01. The van der Waals surface area contributed by atoms with Crippen LogP contribution in [0.15, 0.2) is 30.3 Å². The fourth-order valence-electron chi connectivity index (χ4n) is 4.98. The molecule has 2 aromatic carbocycles. The first kappa shape index (κ1) is 20.5. The molecule has 0 spiro atoms. The van der Waals surface area contributed by atoms with Crippen LogP contribution in [-0.4, -0.2) is 22.7 Å². The topological polar surface area (TPSA) is 45.1 Å². The van der Waals surface area contributed by atoms with E-state index in [9.17, 15) is 5.11 Å². The van der Waals surface area contributed by atoms with E-state index in [4.69, 9.17) is 39.8 Å². The third-order valence-electron chi connectivity index (χ3n) is 6.37. The molecule has 30 heavy (non-hydrogen) atoms. The van der Waals surface area contributed by atoms with Crippen LogP contribution in [0.5, 0.6) is 0 Å². The van der Waals surface area contributed by atoms with Gasteiger partial charge in [0.15, 0.2) is 0 Å². The Kier molecular flexibility index (Phi) is 5.68. The van der Waals surface area contributed by atoms with Gasteiger partial charge >= 0.3 is 0 Å². The van der Waals surface area contributed by atoms with Crippen molar-refractivity contribution >= 4 is 45.7 Å². The normalized spacial score (nSPS) is 19.4. The van der Waals surface area contributed by atoms with Gasteiger partial charge in [-0.3, -0.25) is 0 Å². The largest absolute Gasteiger partial charge is 0.388 e. The monoisotopic (exact) mass is 460 g/mol. The number of piperidine rings is 1. The summed E-state index contributed by atoms with van der Waals surface area (Å²) in [5.74, 6) is 0. The number of hydrogen-bond donors (Lipinski definition) is 2. The molecule has 1 aliphatic heterocycles. The maximum atomic E-state index is 11.4. The number of aromatic nitrogens is 1. The Morgan fingerprint density at radius 1 is 1.07 bits per heavy atom. The van der Waals surface area contributed by atoms with Crippen LogP contribution in [0.3, 0.4) is 0 Å². The molecule has 2 atom stereocenters. The Labute approximate surface area is 191 Å². The summed E-state index contributed by atoms with van der Waals surface area (Å²) < 4.78 is 0. The summed E-state index contributed by atoms with van der Waals surface area (Å²) in [6, 6.07) is 9.86. The van der Waals surface area contributed by atoms with Crippen molar-refractivity contribution in [2.24, 2.45) is 0 Å². The van der Waals surface area contributed by atoms with E-state index in [-0.39, 0.29) is 0 Å². The lowest BCUT2D eigenvalue weighted by atomic mass is 9.82. The van der Waals surface area contributed by atoms with E-state index in [1.807, 2.05) is 24.3 Å². The van der Waals surface area contributed by atoms with E-state index < -0.39 is 6.10 Å². The number of fused-ring (bicyclic) bond motifs is 4. The number of nitrogens with zero attached hydrogens (tertiary/aromatic N) is 1. The SMILES string of the molecule is OC(CC1CCCCN1)c1c2c(nc3c(Cl)cc(Cl)cc13)-c1ccc(Cl)cc1CC2. The number of nitrogens with one attached hydrogen (secondary N) is 1. The predicted octanol–water partition coefficient (Wildman–Crippen LogP) is 6.53. The average molecular weight is 462 g/mol. The van der Waals surface area contributed by atoms with E-state index >= 15 is 0 Å². The van der Waals surface area contributed by atoms with Crippen molar-refractivity contribution in [2.45, 2.75) is 50.7 Å². The zero-order valence-corrected chi connectivity index (χ0v) is 18.8. The molecule has 2 aliphatic rings. The maximum Gasteiger partial charge on any atom is 0.0900 e. The van der Waals surface area contributed by atoms with Crippen molar-refractivity contribution in [3.8, 4) is 11.3 Å². The van der Waals surface area contributed by atoms with Gasteiger partial charge in [0.2, 0.25) is 0 Å². The van der Waals surface area contributed by atoms with Crippen molar-refractivity contribution in [3.63, 3.8) is 0 Å². The average Bonchev–Trinajstić information content (AvgIpc) is 2.72. The molecule has 5 rings (SSSR count). The lowest BCUT2D eigenvalue weighted by molar-refractivity contribution is 0.145. The second-order valence-corrected chi connectivity index (χ2v) is 9.62. The molecule has 0 amide bonds. The first-order chi connectivity index (χ1) is 14.5. The molecule has 156 valence electrons. The molecule has 1 aliphatic carbocycles. The highest BCUT2D eigenvalue weighted by Crippen LogP contribution is 2.43. The van der Waals surface area contributed by atoms with Crippen LogP contribution in [0.25, 0.3) is 22.2 Å². The standard InChI is InChI=1S/C24H23Cl3N2O/c25-14-5-7-17-13(9-14)4-6-18-22(21(30)12-16-3-1-2-8-28-16)19-10-15(26)11-20(27)24(19)29-23(17)18/h5,7,9-11,16,21,28,30H,1-4,6,8,12H2. The van der Waals surface area contributed by atoms with Crippen molar-refractivity contribution < 1.29 is 5.11 Å². The zero-order valence-electron chi connectivity index (χ0n) is 16.5. The van der Waals surface area contributed by atoms with Gasteiger partial charge in [0, 0.05) is 27.0 Å². The first-order valence-corrected chi connectivity index (χ1v) is 11.7. The van der Waals surface area contributed by atoms with Gasteiger partial charge in [-0.15, -0.1) is 0 Å². The van der Waals surface area contributed by atoms with E-state index in [1.54, 1.807) is 6.07 Å². The maximum absolute atomic E-state index is 11.4. The van der Waals surface area contributed by atoms with Crippen LogP contribution >= 0.6 is 34.8 Å². The first-order valence-electron chi connectivity index (χ1n) is 10.5. The zero-order chi connectivity index (χ0) is 20.8. The number of rotatable bonds is 3. The van der Waals surface area contributed by atoms with E-state index in [0.29, 0.717) is 28.0 Å². The molecule has 1 fully saturated rings. The minimum atomic E-state index is -0.608. The Balaban J connectivity index is 1.70. The predicted molar refractivity (Wildman–Crippen MR) is 125 cm³/mol. The summed E-state index contributed by atoms with van der Waals surface area (Å²) in [7, 11) is 0. The van der Waals surface area contributed by atoms with Crippen LogP contribution < -0.4 is 5.32 Å². The molecule has 2 unspecified atom stereocenters. The lowest BCUT2D eigenvalue weighted by Crippen LogP contribution is -2.35. The quantitative estimate of drug-likeness (QED) is 0.466. The molecular formula is C24H23Cl3N2O. The molecule has 1 aromatic heterocycles. The third-order valence-corrected chi connectivity index (χ3v) is 7.11. The minimum absolute atomic E-state index is 0.317. The van der Waals surface area contributed by atoms with Gasteiger partial charge in [-0.2, -0.15) is 0 Å². The molecule has 3 nitrogen and oxygen atoms in total. The smallest absolute Gasteiger partial charge is 0.0900 e. The second-order valence-electron chi connectivity index (χ2n) is 8.34. The molecule has 0 bridgehead atoms. The molecule has 0 radical (unpaired) electrons. The van der Waals surface area contributed by atoms with Crippen molar-refractivity contribution in [2.75, 3.05) is 6.54 Å². The van der Waals surface area contributed by atoms with Crippen LogP contribution in [0.4, 0.5) is 0 Å². The van der Waals surface area contributed by atoms with Crippen molar-refractivity contribution in [1.29, 1.82) is 0 Å². The Hall–Kier alpha value is -1.36. The number of aliphatic hydroxyl groups is 1. The Morgan fingerprint density at radius 2 is 1.93 bits per heavy atom. The van der Waals surface area contributed by atoms with E-state index in [1.165, 1.54) is 18.4 Å². The van der Waals surface area contributed by atoms with Crippen molar-refractivity contribution in [3.05, 3.63) is 62.1 Å². The fraction of sp³-hybridized carbons (Fsp3) is 0.375. The number of pyridine rings is 1.